The van der Waals surface area contributed by atoms with Gasteiger partial charge in [0.25, 0.3) is 0 Å². The second-order valence-electron chi connectivity index (χ2n) is 2.79. The first-order valence-corrected chi connectivity index (χ1v) is 4.22. The molecule has 1 N–H and O–H groups in total. The van der Waals surface area contributed by atoms with Gasteiger partial charge in [0, 0.05) is 0 Å². The molecule has 0 aromatic carbocycles. The molecule has 0 saturated heterocycles. The topological polar surface area (TPSA) is 50.4 Å². The number of aromatic nitrogens is 3. The summed E-state index contributed by atoms with van der Waals surface area (Å²) >= 11 is 5.85. The zero-order valence-corrected chi connectivity index (χ0v) is 7.73. The fraction of sp³-hybridized carbons (Fsp3) is 0.250. The van der Waals surface area contributed by atoms with Gasteiger partial charge in [-0.2, -0.15) is 0 Å². The Bertz CT molecular complexity index is 438. The van der Waals surface area contributed by atoms with Crippen molar-refractivity contribution in [2.24, 2.45) is 0 Å². The third-order valence-electron chi connectivity index (χ3n) is 1.84. The summed E-state index contributed by atoms with van der Waals surface area (Å²) in [6.07, 6.45) is 4.12. The van der Waals surface area contributed by atoms with E-state index in [4.69, 9.17) is 11.6 Å². The van der Waals surface area contributed by atoms with Crippen LogP contribution >= 0.6 is 11.6 Å². The molecule has 2 aromatic heterocycles. The maximum absolute atomic E-state index is 9.37. The second kappa shape index (κ2) is 2.97. The van der Waals surface area contributed by atoms with Crippen molar-refractivity contribution in [2.45, 2.75) is 13.0 Å². The third-order valence-corrected chi connectivity index (χ3v) is 2.10. The van der Waals surface area contributed by atoms with E-state index < -0.39 is 6.10 Å². The number of hydrogen-bond donors (Lipinski definition) is 1. The number of rotatable bonds is 1. The van der Waals surface area contributed by atoms with Crippen molar-refractivity contribution in [1.29, 1.82) is 0 Å². The quantitative estimate of drug-likeness (QED) is 0.753. The van der Waals surface area contributed by atoms with E-state index in [9.17, 15) is 5.11 Å². The lowest BCUT2D eigenvalue weighted by Crippen LogP contribution is -1.97. The molecule has 13 heavy (non-hydrogen) atoms. The molecule has 0 aliphatic heterocycles. The molecule has 0 amide bonds. The molecule has 4 nitrogen and oxygen atoms in total. The zero-order valence-electron chi connectivity index (χ0n) is 6.98. The van der Waals surface area contributed by atoms with Crippen molar-refractivity contribution in [3.05, 3.63) is 29.4 Å². The summed E-state index contributed by atoms with van der Waals surface area (Å²) in [7, 11) is 0. The van der Waals surface area contributed by atoms with Crippen LogP contribution in [0.25, 0.3) is 5.65 Å². The molecule has 0 radical (unpaired) electrons. The van der Waals surface area contributed by atoms with Crippen LogP contribution in [0, 0.1) is 0 Å². The minimum Gasteiger partial charge on any atom is -0.387 e. The summed E-state index contributed by atoms with van der Waals surface area (Å²) in [5.74, 6) is 0. The van der Waals surface area contributed by atoms with Crippen LogP contribution in [0.1, 0.15) is 18.7 Å². The summed E-state index contributed by atoms with van der Waals surface area (Å²) in [4.78, 5) is 7.98. The van der Waals surface area contributed by atoms with Crippen LogP contribution in [-0.2, 0) is 0 Å². The molecular formula is C8H8ClN3O. The maximum Gasteiger partial charge on any atom is 0.158 e. The lowest BCUT2D eigenvalue weighted by atomic mass is 10.3. The molecule has 5 heteroatoms. The van der Waals surface area contributed by atoms with Crippen LogP contribution in [0.4, 0.5) is 0 Å². The third kappa shape index (κ3) is 1.28. The number of nitrogens with zero attached hydrogens (tertiary/aromatic N) is 3. The largest absolute Gasteiger partial charge is 0.387 e. The molecule has 2 rings (SSSR count). The normalized spacial score (nSPS) is 13.5. The molecule has 0 spiro atoms. The first-order valence-electron chi connectivity index (χ1n) is 3.84. The average Bonchev–Trinajstić information content (AvgIpc) is 2.48. The standard InChI is InChI=1S/C8H8ClN3O/c1-5(13)7-3-11-8-6(9)2-10-4-12(7)8/h2-5,13H,1H3. The van der Waals surface area contributed by atoms with Gasteiger partial charge in [0.05, 0.1) is 24.2 Å². The summed E-state index contributed by atoms with van der Waals surface area (Å²) in [5, 5.41) is 9.85. The van der Waals surface area contributed by atoms with Crippen LogP contribution < -0.4 is 0 Å². The van der Waals surface area contributed by atoms with E-state index in [1.165, 1.54) is 6.20 Å². The Morgan fingerprint density at radius 2 is 2.31 bits per heavy atom. The molecule has 1 unspecified atom stereocenters. The van der Waals surface area contributed by atoms with Gasteiger partial charge in [-0.1, -0.05) is 11.6 Å². The lowest BCUT2D eigenvalue weighted by Gasteiger charge is -2.02. The van der Waals surface area contributed by atoms with Gasteiger partial charge in [-0.15, -0.1) is 0 Å². The van der Waals surface area contributed by atoms with Crippen LogP contribution in [0.2, 0.25) is 5.02 Å². The number of hydrogen-bond acceptors (Lipinski definition) is 3. The molecule has 0 bridgehead atoms. The molecule has 2 heterocycles. The van der Waals surface area contributed by atoms with Crippen molar-refractivity contribution >= 4 is 17.2 Å². The van der Waals surface area contributed by atoms with E-state index in [1.54, 1.807) is 23.8 Å². The highest BCUT2D eigenvalue weighted by Crippen LogP contribution is 2.18. The van der Waals surface area contributed by atoms with E-state index in [0.29, 0.717) is 16.4 Å². The van der Waals surface area contributed by atoms with E-state index in [0.717, 1.165) is 0 Å². The van der Waals surface area contributed by atoms with E-state index >= 15 is 0 Å². The van der Waals surface area contributed by atoms with Gasteiger partial charge >= 0.3 is 0 Å². The number of halogens is 1. The highest BCUT2D eigenvalue weighted by atomic mass is 35.5. The maximum atomic E-state index is 9.37. The minimum absolute atomic E-state index is 0.481. The van der Waals surface area contributed by atoms with Crippen molar-refractivity contribution in [1.82, 2.24) is 14.4 Å². The van der Waals surface area contributed by atoms with Crippen molar-refractivity contribution in [2.75, 3.05) is 0 Å². The number of aliphatic hydroxyl groups excluding tert-OH is 1. The Morgan fingerprint density at radius 1 is 1.54 bits per heavy atom. The van der Waals surface area contributed by atoms with Gasteiger partial charge in [0.15, 0.2) is 5.65 Å². The SMILES string of the molecule is CC(O)c1cnc2c(Cl)cncn12. The van der Waals surface area contributed by atoms with Crippen LogP contribution in [0.15, 0.2) is 18.7 Å². The average molecular weight is 198 g/mol. The van der Waals surface area contributed by atoms with E-state index in [1.807, 2.05) is 0 Å². The smallest absolute Gasteiger partial charge is 0.158 e. The Balaban J connectivity index is 2.75. The fourth-order valence-electron chi connectivity index (χ4n) is 1.20. The number of aliphatic hydroxyl groups is 1. The summed E-state index contributed by atoms with van der Waals surface area (Å²) in [6, 6.07) is 0. The molecule has 68 valence electrons. The second-order valence-corrected chi connectivity index (χ2v) is 3.20. The Hall–Kier alpha value is -1.13. The van der Waals surface area contributed by atoms with E-state index in [-0.39, 0.29) is 0 Å². The zero-order chi connectivity index (χ0) is 9.42. The molecule has 0 aliphatic carbocycles. The molecule has 0 fully saturated rings. The van der Waals surface area contributed by atoms with Crippen molar-refractivity contribution in [3.63, 3.8) is 0 Å². The van der Waals surface area contributed by atoms with Crippen LogP contribution in [-0.4, -0.2) is 19.5 Å². The van der Waals surface area contributed by atoms with Crippen molar-refractivity contribution in [3.8, 4) is 0 Å². The van der Waals surface area contributed by atoms with Gasteiger partial charge in [0.1, 0.15) is 11.3 Å². The van der Waals surface area contributed by atoms with Gasteiger partial charge < -0.3 is 5.11 Å². The van der Waals surface area contributed by atoms with Crippen molar-refractivity contribution < 1.29 is 5.11 Å². The Morgan fingerprint density at radius 3 is 3.00 bits per heavy atom. The molecule has 1 atom stereocenters. The monoisotopic (exact) mass is 197 g/mol. The number of fused-ring (bicyclic) bond motifs is 1. The highest BCUT2D eigenvalue weighted by Gasteiger charge is 2.09. The molecular weight excluding hydrogens is 190 g/mol. The first-order chi connectivity index (χ1) is 6.20. The predicted octanol–water partition coefficient (Wildman–Crippen LogP) is 1.44. The molecule has 2 aromatic rings. The Kier molecular flexibility index (Phi) is 1.94. The van der Waals surface area contributed by atoms with Gasteiger partial charge in [0.2, 0.25) is 0 Å². The summed E-state index contributed by atoms with van der Waals surface area (Å²) in [6.45, 7) is 1.67. The first kappa shape index (κ1) is 8.47. The highest BCUT2D eigenvalue weighted by molar-refractivity contribution is 6.33. The Labute approximate surface area is 79.8 Å². The van der Waals surface area contributed by atoms with Gasteiger partial charge in [-0.05, 0) is 6.92 Å². The predicted molar refractivity (Wildman–Crippen MR) is 48.6 cm³/mol. The fourth-order valence-corrected chi connectivity index (χ4v) is 1.40. The summed E-state index contributed by atoms with van der Waals surface area (Å²) < 4.78 is 1.67. The van der Waals surface area contributed by atoms with Gasteiger partial charge in [-0.25, -0.2) is 9.97 Å². The molecule has 0 aliphatic rings. The summed E-state index contributed by atoms with van der Waals surface area (Å²) in [5.41, 5.74) is 1.30. The van der Waals surface area contributed by atoms with Gasteiger partial charge in [-0.3, -0.25) is 4.40 Å². The minimum atomic E-state index is -0.574. The molecule has 0 saturated carbocycles. The van der Waals surface area contributed by atoms with E-state index in [2.05, 4.69) is 9.97 Å². The lowest BCUT2D eigenvalue weighted by molar-refractivity contribution is 0.193. The van der Waals surface area contributed by atoms with Crippen LogP contribution in [0.3, 0.4) is 0 Å². The number of imidazole rings is 1. The van der Waals surface area contributed by atoms with Crippen LogP contribution in [0.5, 0.6) is 0 Å².